The number of nitrogens with zero attached hydrogens (tertiary/aromatic N) is 1. The van der Waals surface area contributed by atoms with E-state index < -0.39 is 0 Å². The zero-order valence-electron chi connectivity index (χ0n) is 10.2. The van der Waals surface area contributed by atoms with Crippen molar-refractivity contribution < 1.29 is 4.74 Å². The molecule has 1 aromatic carbocycles. The van der Waals surface area contributed by atoms with E-state index in [0.717, 1.165) is 42.4 Å². The second-order valence-electron chi connectivity index (χ2n) is 4.55. The molecule has 2 N–H and O–H groups in total. The van der Waals surface area contributed by atoms with E-state index in [-0.39, 0.29) is 0 Å². The normalized spacial score (nSPS) is 21.7. The van der Waals surface area contributed by atoms with Crippen LogP contribution in [-0.4, -0.2) is 30.7 Å². The van der Waals surface area contributed by atoms with Crippen LogP contribution in [0.25, 0.3) is 0 Å². The molecule has 1 atom stereocenters. The molecule has 0 spiro atoms. The molecule has 1 saturated heterocycles. The lowest BCUT2D eigenvalue weighted by Crippen LogP contribution is -2.40. The molecule has 17 heavy (non-hydrogen) atoms. The Kier molecular flexibility index (Phi) is 4.40. The number of ether oxygens (including phenoxy) is 1. The van der Waals surface area contributed by atoms with Crippen LogP contribution in [0.4, 0.5) is 0 Å². The second kappa shape index (κ2) is 5.83. The van der Waals surface area contributed by atoms with Gasteiger partial charge in [-0.15, -0.1) is 0 Å². The molecule has 1 unspecified atom stereocenters. The first-order valence-corrected chi connectivity index (χ1v) is 6.38. The minimum Gasteiger partial charge on any atom is -0.376 e. The number of benzene rings is 1. The fourth-order valence-corrected chi connectivity index (χ4v) is 2.38. The smallest absolute Gasteiger partial charge is 0.0674 e. The highest BCUT2D eigenvalue weighted by molar-refractivity contribution is 6.31. The van der Waals surface area contributed by atoms with E-state index in [1.165, 1.54) is 0 Å². The van der Waals surface area contributed by atoms with Gasteiger partial charge in [-0.3, -0.25) is 4.90 Å². The topological polar surface area (TPSA) is 38.5 Å². The molecular weight excluding hydrogens is 236 g/mol. The summed E-state index contributed by atoms with van der Waals surface area (Å²) in [4.78, 5) is 2.37. The van der Waals surface area contributed by atoms with Crippen molar-refractivity contribution in [1.29, 1.82) is 0 Å². The largest absolute Gasteiger partial charge is 0.376 e. The molecule has 0 saturated carbocycles. The fraction of sp³-hybridized carbons (Fsp3) is 0.538. The molecule has 0 aromatic heterocycles. The summed E-state index contributed by atoms with van der Waals surface area (Å²) in [6.07, 6.45) is 0.311. The number of nitrogens with two attached hydrogens (primary N) is 1. The molecule has 1 aliphatic rings. The van der Waals surface area contributed by atoms with E-state index in [2.05, 4.69) is 17.9 Å². The lowest BCUT2D eigenvalue weighted by Gasteiger charge is -2.31. The number of halogens is 1. The van der Waals surface area contributed by atoms with Gasteiger partial charge in [-0.1, -0.05) is 23.7 Å². The van der Waals surface area contributed by atoms with E-state index in [0.29, 0.717) is 12.6 Å². The Hall–Kier alpha value is -0.610. The van der Waals surface area contributed by atoms with Crippen molar-refractivity contribution in [3.05, 3.63) is 34.3 Å². The Labute approximate surface area is 107 Å². The van der Waals surface area contributed by atoms with Crippen molar-refractivity contribution >= 4 is 11.6 Å². The van der Waals surface area contributed by atoms with Gasteiger partial charge in [0.15, 0.2) is 0 Å². The van der Waals surface area contributed by atoms with E-state index in [4.69, 9.17) is 22.1 Å². The van der Waals surface area contributed by atoms with Crippen molar-refractivity contribution in [1.82, 2.24) is 4.90 Å². The molecule has 1 heterocycles. The highest BCUT2D eigenvalue weighted by atomic mass is 35.5. The predicted octanol–water partition coefficient (Wildman–Crippen LogP) is 2.02. The summed E-state index contributed by atoms with van der Waals surface area (Å²) in [6, 6.07) is 6.08. The van der Waals surface area contributed by atoms with E-state index in [1.54, 1.807) is 0 Å². The van der Waals surface area contributed by atoms with Crippen LogP contribution in [0.3, 0.4) is 0 Å². The zero-order valence-corrected chi connectivity index (χ0v) is 10.9. The third-order valence-electron chi connectivity index (χ3n) is 3.07. The van der Waals surface area contributed by atoms with E-state index in [1.807, 2.05) is 12.1 Å². The predicted molar refractivity (Wildman–Crippen MR) is 70.0 cm³/mol. The summed E-state index contributed by atoms with van der Waals surface area (Å²) in [5, 5.41) is 0.812. The third-order valence-corrected chi connectivity index (χ3v) is 3.42. The van der Waals surface area contributed by atoms with Gasteiger partial charge in [-0.25, -0.2) is 0 Å². The van der Waals surface area contributed by atoms with Crippen LogP contribution in [0.5, 0.6) is 0 Å². The van der Waals surface area contributed by atoms with E-state index >= 15 is 0 Å². The van der Waals surface area contributed by atoms with Crippen LogP contribution in [0.1, 0.15) is 18.1 Å². The quantitative estimate of drug-likeness (QED) is 0.897. The molecule has 0 bridgehead atoms. The van der Waals surface area contributed by atoms with Gasteiger partial charge in [0.05, 0.1) is 12.7 Å². The molecule has 0 aliphatic carbocycles. The first kappa shape index (κ1) is 12.8. The Morgan fingerprint density at radius 2 is 2.35 bits per heavy atom. The lowest BCUT2D eigenvalue weighted by atomic mass is 10.1. The average Bonchev–Trinajstić information content (AvgIpc) is 2.32. The van der Waals surface area contributed by atoms with Gasteiger partial charge in [0.1, 0.15) is 0 Å². The average molecular weight is 255 g/mol. The van der Waals surface area contributed by atoms with Crippen molar-refractivity contribution in [2.24, 2.45) is 5.73 Å². The van der Waals surface area contributed by atoms with Crippen molar-refractivity contribution in [2.75, 3.05) is 19.7 Å². The van der Waals surface area contributed by atoms with Gasteiger partial charge in [0.2, 0.25) is 0 Å². The summed E-state index contributed by atoms with van der Waals surface area (Å²) in [6.45, 7) is 6.27. The van der Waals surface area contributed by atoms with Crippen molar-refractivity contribution in [2.45, 2.75) is 26.1 Å². The van der Waals surface area contributed by atoms with Crippen LogP contribution in [0, 0.1) is 0 Å². The number of rotatable bonds is 3. The minimum atomic E-state index is 0.311. The molecule has 3 nitrogen and oxygen atoms in total. The molecule has 1 fully saturated rings. The molecule has 1 aliphatic heterocycles. The second-order valence-corrected chi connectivity index (χ2v) is 4.95. The summed E-state index contributed by atoms with van der Waals surface area (Å²) in [5.74, 6) is 0. The fourth-order valence-electron chi connectivity index (χ4n) is 2.12. The van der Waals surface area contributed by atoms with Gasteiger partial charge in [0.25, 0.3) is 0 Å². The molecule has 4 heteroatoms. The number of hydrogen-bond acceptors (Lipinski definition) is 3. The maximum Gasteiger partial charge on any atom is 0.0674 e. The minimum absolute atomic E-state index is 0.311. The molecule has 0 amide bonds. The standard InChI is InChI=1S/C13H19ClN2O/c1-10-8-16(4-5-17-10)9-12-3-2-11(7-15)6-13(12)14/h2-3,6,10H,4-5,7-9,15H2,1H3. The van der Waals surface area contributed by atoms with Gasteiger partial charge in [-0.05, 0) is 24.1 Å². The summed E-state index contributed by atoms with van der Waals surface area (Å²) < 4.78 is 5.52. The lowest BCUT2D eigenvalue weighted by molar-refractivity contribution is -0.0212. The molecule has 0 radical (unpaired) electrons. The molecule has 1 aromatic rings. The summed E-state index contributed by atoms with van der Waals surface area (Å²) >= 11 is 6.25. The first-order chi connectivity index (χ1) is 8.19. The van der Waals surface area contributed by atoms with E-state index in [9.17, 15) is 0 Å². The Balaban J connectivity index is 2.02. The molecular formula is C13H19ClN2O. The Bertz CT molecular complexity index is 384. The van der Waals surface area contributed by atoms with Crippen molar-refractivity contribution in [3.8, 4) is 0 Å². The van der Waals surface area contributed by atoms with Crippen LogP contribution in [0.2, 0.25) is 5.02 Å². The monoisotopic (exact) mass is 254 g/mol. The van der Waals surface area contributed by atoms with Crippen LogP contribution in [0.15, 0.2) is 18.2 Å². The summed E-state index contributed by atoms with van der Waals surface area (Å²) in [7, 11) is 0. The number of morpholine rings is 1. The first-order valence-electron chi connectivity index (χ1n) is 6.00. The third kappa shape index (κ3) is 3.42. The van der Waals surface area contributed by atoms with Crippen molar-refractivity contribution in [3.63, 3.8) is 0 Å². The van der Waals surface area contributed by atoms with Gasteiger partial charge >= 0.3 is 0 Å². The summed E-state index contributed by atoms with van der Waals surface area (Å²) in [5.41, 5.74) is 7.83. The highest BCUT2D eigenvalue weighted by Gasteiger charge is 2.17. The van der Waals surface area contributed by atoms with Crippen LogP contribution >= 0.6 is 11.6 Å². The molecule has 94 valence electrons. The van der Waals surface area contributed by atoms with Gasteiger partial charge in [0, 0.05) is 31.2 Å². The Morgan fingerprint density at radius 1 is 1.53 bits per heavy atom. The van der Waals surface area contributed by atoms with Gasteiger partial charge < -0.3 is 10.5 Å². The maximum absolute atomic E-state index is 6.25. The highest BCUT2D eigenvalue weighted by Crippen LogP contribution is 2.20. The van der Waals surface area contributed by atoms with Gasteiger partial charge in [-0.2, -0.15) is 0 Å². The Morgan fingerprint density at radius 3 is 3.00 bits per heavy atom. The number of hydrogen-bond donors (Lipinski definition) is 1. The maximum atomic E-state index is 6.25. The molecule has 2 rings (SSSR count). The van der Waals surface area contributed by atoms with Crippen LogP contribution in [-0.2, 0) is 17.8 Å². The van der Waals surface area contributed by atoms with Crippen LogP contribution < -0.4 is 5.73 Å². The SMILES string of the molecule is CC1CN(Cc2ccc(CN)cc2Cl)CCO1. The zero-order chi connectivity index (χ0) is 12.3.